The van der Waals surface area contributed by atoms with Gasteiger partial charge in [0.2, 0.25) is 5.91 Å². The molecular weight excluding hydrogens is 291 g/mol. The summed E-state index contributed by atoms with van der Waals surface area (Å²) in [4.78, 5) is 14.2. The fraction of sp³-hybridized carbons (Fsp3) is 0.316. The molecule has 0 aromatic heterocycles. The molecule has 0 aliphatic carbocycles. The summed E-state index contributed by atoms with van der Waals surface area (Å²) in [6.45, 7) is 4.60. The molecule has 1 amide bonds. The van der Waals surface area contributed by atoms with Gasteiger partial charge in [-0.2, -0.15) is 0 Å². The first kappa shape index (κ1) is 17.2. The van der Waals surface area contributed by atoms with Gasteiger partial charge in [-0.05, 0) is 43.7 Å². The van der Waals surface area contributed by atoms with E-state index in [1.807, 2.05) is 18.9 Å². The van der Waals surface area contributed by atoms with Crippen LogP contribution in [0.15, 0.2) is 48.5 Å². The van der Waals surface area contributed by atoms with E-state index in [9.17, 15) is 9.18 Å². The number of anilines is 1. The number of nitrogens with zero attached hydrogens (tertiary/aromatic N) is 1. The largest absolute Gasteiger partial charge is 0.322 e. The van der Waals surface area contributed by atoms with Gasteiger partial charge in [0.15, 0.2) is 0 Å². The Hall–Kier alpha value is -2.20. The lowest BCUT2D eigenvalue weighted by Crippen LogP contribution is -2.39. The zero-order valence-corrected chi connectivity index (χ0v) is 13.8. The first-order valence-electron chi connectivity index (χ1n) is 7.84. The normalized spacial score (nSPS) is 12.2. The van der Waals surface area contributed by atoms with E-state index in [0.717, 1.165) is 12.0 Å². The van der Waals surface area contributed by atoms with Crippen LogP contribution in [0.1, 0.15) is 25.0 Å². The summed E-state index contributed by atoms with van der Waals surface area (Å²) < 4.78 is 13.6. The lowest BCUT2D eigenvalue weighted by atomic mass is 10.1. The van der Waals surface area contributed by atoms with Gasteiger partial charge >= 0.3 is 0 Å². The quantitative estimate of drug-likeness (QED) is 0.878. The number of nitrogens with one attached hydrogen (secondary N) is 1. The van der Waals surface area contributed by atoms with Crippen molar-refractivity contribution < 1.29 is 9.18 Å². The van der Waals surface area contributed by atoms with Crippen LogP contribution in [-0.2, 0) is 17.8 Å². The van der Waals surface area contributed by atoms with E-state index < -0.39 is 5.82 Å². The minimum Gasteiger partial charge on any atom is -0.322 e. The maximum atomic E-state index is 13.6. The molecule has 2 aromatic carbocycles. The number of aryl methyl sites for hydroxylation is 1. The van der Waals surface area contributed by atoms with Crippen LogP contribution in [0.4, 0.5) is 10.1 Å². The molecule has 2 rings (SSSR count). The molecule has 3 nitrogen and oxygen atoms in total. The minimum absolute atomic E-state index is 0.213. The molecule has 0 bridgehead atoms. The van der Waals surface area contributed by atoms with Crippen LogP contribution in [0, 0.1) is 5.82 Å². The second-order valence-electron chi connectivity index (χ2n) is 5.73. The highest BCUT2D eigenvalue weighted by Crippen LogP contribution is 2.14. The van der Waals surface area contributed by atoms with Crippen molar-refractivity contribution in [3.8, 4) is 0 Å². The van der Waals surface area contributed by atoms with E-state index >= 15 is 0 Å². The van der Waals surface area contributed by atoms with E-state index in [-0.39, 0.29) is 17.6 Å². The number of carbonyl (C=O) groups excluding carboxylic acids is 1. The molecular formula is C19H23FN2O. The Bertz CT molecular complexity index is 655. The molecule has 1 N–H and O–H groups in total. The number of para-hydroxylation sites is 1. The van der Waals surface area contributed by atoms with E-state index in [0.29, 0.717) is 6.54 Å². The molecule has 0 heterocycles. The van der Waals surface area contributed by atoms with Crippen LogP contribution in [0.2, 0.25) is 0 Å². The average Bonchev–Trinajstić information content (AvgIpc) is 2.56. The van der Waals surface area contributed by atoms with Gasteiger partial charge in [-0.15, -0.1) is 0 Å². The highest BCUT2D eigenvalue weighted by atomic mass is 19.1. The topological polar surface area (TPSA) is 32.3 Å². The Morgan fingerprint density at radius 2 is 1.74 bits per heavy atom. The molecule has 0 aliphatic heterocycles. The maximum Gasteiger partial charge on any atom is 0.241 e. The van der Waals surface area contributed by atoms with Crippen LogP contribution in [0.3, 0.4) is 0 Å². The summed E-state index contributed by atoms with van der Waals surface area (Å²) in [6.07, 6.45) is 1.01. The highest BCUT2D eigenvalue weighted by Gasteiger charge is 2.19. The van der Waals surface area contributed by atoms with Crippen molar-refractivity contribution in [2.45, 2.75) is 32.9 Å². The van der Waals surface area contributed by atoms with Crippen LogP contribution >= 0.6 is 0 Å². The zero-order valence-electron chi connectivity index (χ0n) is 13.8. The van der Waals surface area contributed by atoms with E-state index in [1.54, 1.807) is 18.2 Å². The number of amides is 1. The van der Waals surface area contributed by atoms with Crippen molar-refractivity contribution in [1.82, 2.24) is 4.90 Å². The molecule has 2 aromatic rings. The van der Waals surface area contributed by atoms with Crippen molar-refractivity contribution in [3.63, 3.8) is 0 Å². The van der Waals surface area contributed by atoms with Crippen LogP contribution in [0.25, 0.3) is 0 Å². The number of hydrogen-bond acceptors (Lipinski definition) is 2. The Morgan fingerprint density at radius 3 is 2.35 bits per heavy atom. The standard InChI is InChI=1S/C19H23FN2O/c1-4-15-9-11-16(12-10-15)13-22(3)14(2)19(23)21-18-8-6-5-7-17(18)20/h5-12,14H,4,13H2,1-3H3,(H,21,23)/t14-/m0/s1. The van der Waals surface area contributed by atoms with Crippen LogP contribution < -0.4 is 5.32 Å². The third kappa shape index (κ3) is 4.63. The minimum atomic E-state index is -0.425. The van der Waals surface area contributed by atoms with Gasteiger partial charge in [0.1, 0.15) is 5.82 Å². The Morgan fingerprint density at radius 1 is 1.13 bits per heavy atom. The molecule has 1 atom stereocenters. The van der Waals surface area contributed by atoms with Gasteiger partial charge in [0.25, 0.3) is 0 Å². The summed E-state index contributed by atoms with van der Waals surface area (Å²) in [5.41, 5.74) is 2.65. The number of halogens is 1. The molecule has 23 heavy (non-hydrogen) atoms. The SMILES string of the molecule is CCc1ccc(CN(C)[C@@H](C)C(=O)Nc2ccccc2F)cc1. The lowest BCUT2D eigenvalue weighted by molar-refractivity contribution is -0.120. The second-order valence-corrected chi connectivity index (χ2v) is 5.73. The summed E-state index contributed by atoms with van der Waals surface area (Å²) in [5.74, 6) is -0.645. The van der Waals surface area contributed by atoms with Crippen molar-refractivity contribution in [3.05, 3.63) is 65.5 Å². The Labute approximate surface area is 137 Å². The molecule has 0 fully saturated rings. The van der Waals surface area contributed by atoms with Gasteiger partial charge in [-0.1, -0.05) is 43.3 Å². The van der Waals surface area contributed by atoms with Crippen LogP contribution in [0.5, 0.6) is 0 Å². The second kappa shape index (κ2) is 7.88. The fourth-order valence-corrected chi connectivity index (χ4v) is 2.31. The molecule has 0 unspecified atom stereocenters. The number of rotatable bonds is 6. The summed E-state index contributed by atoms with van der Waals surface area (Å²) in [5, 5.41) is 2.64. The zero-order chi connectivity index (χ0) is 16.8. The molecule has 0 saturated carbocycles. The van der Waals surface area contributed by atoms with Gasteiger partial charge in [0.05, 0.1) is 11.7 Å². The van der Waals surface area contributed by atoms with Crippen molar-refractivity contribution in [2.75, 3.05) is 12.4 Å². The molecule has 4 heteroatoms. The number of benzene rings is 2. The third-order valence-electron chi connectivity index (χ3n) is 4.04. The lowest BCUT2D eigenvalue weighted by Gasteiger charge is -2.24. The fourth-order valence-electron chi connectivity index (χ4n) is 2.31. The Balaban J connectivity index is 1.96. The predicted molar refractivity (Wildman–Crippen MR) is 91.8 cm³/mol. The number of likely N-dealkylation sites (N-methyl/N-ethyl adjacent to an activating group) is 1. The third-order valence-corrected chi connectivity index (χ3v) is 4.04. The predicted octanol–water partition coefficient (Wildman–Crippen LogP) is 3.85. The number of carbonyl (C=O) groups is 1. The van der Waals surface area contributed by atoms with E-state index in [2.05, 4.69) is 36.5 Å². The first-order valence-corrected chi connectivity index (χ1v) is 7.84. The molecule has 0 aliphatic rings. The molecule has 0 spiro atoms. The maximum absolute atomic E-state index is 13.6. The van der Waals surface area contributed by atoms with Gasteiger partial charge in [-0.25, -0.2) is 4.39 Å². The molecule has 122 valence electrons. The highest BCUT2D eigenvalue weighted by molar-refractivity contribution is 5.94. The molecule has 0 radical (unpaired) electrons. The monoisotopic (exact) mass is 314 g/mol. The smallest absolute Gasteiger partial charge is 0.241 e. The van der Waals surface area contributed by atoms with Crippen LogP contribution in [-0.4, -0.2) is 23.9 Å². The van der Waals surface area contributed by atoms with Gasteiger partial charge in [-0.3, -0.25) is 9.69 Å². The molecule has 0 saturated heterocycles. The van der Waals surface area contributed by atoms with E-state index in [4.69, 9.17) is 0 Å². The Kier molecular flexibility index (Phi) is 5.88. The summed E-state index contributed by atoms with van der Waals surface area (Å²) >= 11 is 0. The first-order chi connectivity index (χ1) is 11.0. The van der Waals surface area contributed by atoms with Crippen molar-refractivity contribution in [1.29, 1.82) is 0 Å². The summed E-state index contributed by atoms with van der Waals surface area (Å²) in [6, 6.07) is 14.2. The number of hydrogen-bond donors (Lipinski definition) is 1. The van der Waals surface area contributed by atoms with Gasteiger partial charge in [0, 0.05) is 6.54 Å². The summed E-state index contributed by atoms with van der Waals surface area (Å²) in [7, 11) is 1.89. The van der Waals surface area contributed by atoms with Gasteiger partial charge < -0.3 is 5.32 Å². The van der Waals surface area contributed by atoms with Crippen molar-refractivity contribution in [2.24, 2.45) is 0 Å². The van der Waals surface area contributed by atoms with Crippen molar-refractivity contribution >= 4 is 11.6 Å². The van der Waals surface area contributed by atoms with E-state index in [1.165, 1.54) is 11.6 Å². The average molecular weight is 314 g/mol.